The molecule has 2 aromatic rings. The van der Waals surface area contributed by atoms with Gasteiger partial charge in [-0.2, -0.15) is 21.1 Å². The second-order valence-corrected chi connectivity index (χ2v) is 8.32. The Bertz CT molecular complexity index is 854. The van der Waals surface area contributed by atoms with Crippen LogP contribution in [0.1, 0.15) is 19.3 Å². The minimum absolute atomic E-state index is 0.00336. The number of guanidine groups is 1. The number of aliphatic imine (C=N–C) groups is 1. The van der Waals surface area contributed by atoms with Crippen LogP contribution >= 0.6 is 23.3 Å². The third-order valence-corrected chi connectivity index (χ3v) is 5.59. The predicted molar refractivity (Wildman–Crippen MR) is 123 cm³/mol. The van der Waals surface area contributed by atoms with Crippen LogP contribution in [0.5, 0.6) is 0 Å². The minimum atomic E-state index is -0.598. The van der Waals surface area contributed by atoms with Crippen LogP contribution in [-0.2, 0) is 9.59 Å². The van der Waals surface area contributed by atoms with Crippen molar-refractivity contribution in [2.24, 2.45) is 28.1 Å². The number of amides is 1. The quantitative estimate of drug-likeness (QED) is 0.215. The lowest BCUT2D eigenvalue weighted by atomic mass is 9.94. The standard InChI is InChI=1S/C19H27N7O2S2/c1-29-11-14(20)15(27)10-13(8-5-9-23-18(21)22)17(28)25-19-24-16(26-30-19)12-6-3-2-4-7-12/h2-4,6-7,13-14H,5,8-11,20H2,1H3,(H4,21,22,23)(H,24,25,26,28)/t13?,14-/m0/s1. The third kappa shape index (κ3) is 7.73. The summed E-state index contributed by atoms with van der Waals surface area (Å²) in [5.41, 5.74) is 17.5. The molecular formula is C19H27N7O2S2. The van der Waals surface area contributed by atoms with E-state index in [1.807, 2.05) is 36.6 Å². The van der Waals surface area contributed by atoms with E-state index in [0.29, 0.717) is 36.1 Å². The lowest BCUT2D eigenvalue weighted by Gasteiger charge is -2.17. The zero-order valence-corrected chi connectivity index (χ0v) is 18.4. The maximum Gasteiger partial charge on any atom is 0.229 e. The van der Waals surface area contributed by atoms with Crippen LogP contribution in [0.4, 0.5) is 5.13 Å². The highest BCUT2D eigenvalue weighted by Crippen LogP contribution is 2.22. The van der Waals surface area contributed by atoms with E-state index in [1.165, 1.54) is 11.8 Å². The van der Waals surface area contributed by atoms with Gasteiger partial charge in [0.1, 0.15) is 0 Å². The highest BCUT2D eigenvalue weighted by molar-refractivity contribution is 7.98. The minimum Gasteiger partial charge on any atom is -0.370 e. The van der Waals surface area contributed by atoms with Gasteiger partial charge in [-0.1, -0.05) is 30.3 Å². The summed E-state index contributed by atoms with van der Waals surface area (Å²) in [7, 11) is 0. The van der Waals surface area contributed by atoms with Crippen LogP contribution in [0, 0.1) is 5.92 Å². The number of hydrogen-bond acceptors (Lipinski definition) is 8. The maximum atomic E-state index is 12.8. The number of carbonyl (C=O) groups excluding carboxylic acids is 2. The van der Waals surface area contributed by atoms with Gasteiger partial charge in [0.2, 0.25) is 11.0 Å². The molecule has 0 fully saturated rings. The van der Waals surface area contributed by atoms with Crippen molar-refractivity contribution in [3.8, 4) is 11.4 Å². The van der Waals surface area contributed by atoms with Crippen LogP contribution in [0.3, 0.4) is 0 Å². The smallest absolute Gasteiger partial charge is 0.229 e. The monoisotopic (exact) mass is 449 g/mol. The Balaban J connectivity index is 2.04. The summed E-state index contributed by atoms with van der Waals surface area (Å²) in [6.07, 6.45) is 2.95. The van der Waals surface area contributed by atoms with Gasteiger partial charge in [0.15, 0.2) is 17.6 Å². The van der Waals surface area contributed by atoms with Gasteiger partial charge in [-0.3, -0.25) is 14.6 Å². The number of hydrogen-bond donors (Lipinski definition) is 4. The first kappa shape index (κ1) is 23.8. The third-order valence-electron chi connectivity index (χ3n) is 4.27. The number of benzene rings is 1. The maximum absolute atomic E-state index is 12.8. The number of nitrogens with zero attached hydrogens (tertiary/aromatic N) is 3. The molecule has 1 unspecified atom stereocenters. The van der Waals surface area contributed by atoms with Crippen molar-refractivity contribution in [3.63, 3.8) is 0 Å². The molecule has 162 valence electrons. The van der Waals surface area contributed by atoms with Crippen molar-refractivity contribution in [2.45, 2.75) is 25.3 Å². The highest BCUT2D eigenvalue weighted by Gasteiger charge is 2.25. The number of ketones is 1. The van der Waals surface area contributed by atoms with Crippen LogP contribution in [0.25, 0.3) is 11.4 Å². The van der Waals surface area contributed by atoms with Gasteiger partial charge in [-0.05, 0) is 19.1 Å². The Labute approximate surface area is 184 Å². The summed E-state index contributed by atoms with van der Waals surface area (Å²) in [5.74, 6) is 0.0601. The van der Waals surface area contributed by atoms with Gasteiger partial charge in [-0.15, -0.1) is 0 Å². The molecule has 7 N–H and O–H groups in total. The van der Waals surface area contributed by atoms with Crippen molar-refractivity contribution < 1.29 is 9.59 Å². The van der Waals surface area contributed by atoms with Crippen LogP contribution in [-0.4, -0.2) is 51.6 Å². The van der Waals surface area contributed by atoms with Gasteiger partial charge in [0, 0.05) is 41.7 Å². The molecule has 0 aliphatic carbocycles. The van der Waals surface area contributed by atoms with E-state index in [2.05, 4.69) is 19.7 Å². The van der Waals surface area contributed by atoms with E-state index in [0.717, 1.165) is 17.1 Å². The van der Waals surface area contributed by atoms with E-state index in [-0.39, 0.29) is 24.1 Å². The van der Waals surface area contributed by atoms with E-state index in [9.17, 15) is 9.59 Å². The van der Waals surface area contributed by atoms with Gasteiger partial charge >= 0.3 is 0 Å². The number of rotatable bonds is 12. The summed E-state index contributed by atoms with van der Waals surface area (Å²) in [6, 6.07) is 8.89. The largest absolute Gasteiger partial charge is 0.370 e. The van der Waals surface area contributed by atoms with Crippen LogP contribution < -0.4 is 22.5 Å². The average Bonchev–Trinajstić information content (AvgIpc) is 3.19. The second-order valence-electron chi connectivity index (χ2n) is 6.66. The number of Topliss-reactive ketones (excluding diaryl/α,β-unsaturated/α-hetero) is 1. The van der Waals surface area contributed by atoms with Gasteiger partial charge < -0.3 is 22.5 Å². The molecule has 9 nitrogen and oxygen atoms in total. The fraction of sp³-hybridized carbons (Fsp3) is 0.421. The summed E-state index contributed by atoms with van der Waals surface area (Å²) in [6.45, 7) is 0.383. The molecule has 1 amide bonds. The number of carbonyl (C=O) groups is 2. The number of aromatic nitrogens is 2. The molecule has 0 aliphatic heterocycles. The van der Waals surface area contributed by atoms with E-state index in [1.54, 1.807) is 0 Å². The number of thioether (sulfide) groups is 1. The summed E-state index contributed by atoms with van der Waals surface area (Å²) in [5, 5.41) is 3.16. The lowest BCUT2D eigenvalue weighted by Crippen LogP contribution is -2.36. The van der Waals surface area contributed by atoms with Crippen molar-refractivity contribution in [1.82, 2.24) is 9.36 Å². The Kier molecular flexibility index (Phi) is 9.71. The van der Waals surface area contributed by atoms with E-state index in [4.69, 9.17) is 17.2 Å². The molecule has 2 rings (SSSR count). The fourth-order valence-electron chi connectivity index (χ4n) is 2.72. The first-order chi connectivity index (χ1) is 14.4. The number of nitrogens with one attached hydrogen (secondary N) is 1. The molecule has 1 aromatic carbocycles. The fourth-order valence-corrected chi connectivity index (χ4v) is 3.86. The van der Waals surface area contributed by atoms with Gasteiger partial charge in [0.05, 0.1) is 6.04 Å². The molecule has 11 heteroatoms. The van der Waals surface area contributed by atoms with E-state index < -0.39 is 12.0 Å². The second kappa shape index (κ2) is 12.3. The highest BCUT2D eigenvalue weighted by atomic mass is 32.2. The molecular weight excluding hydrogens is 422 g/mol. The Morgan fingerprint density at radius 2 is 2.00 bits per heavy atom. The molecule has 1 aromatic heterocycles. The van der Waals surface area contributed by atoms with Gasteiger partial charge in [0.25, 0.3) is 0 Å². The zero-order valence-electron chi connectivity index (χ0n) is 16.8. The molecule has 0 radical (unpaired) electrons. The molecule has 2 atom stereocenters. The molecule has 0 saturated heterocycles. The first-order valence-electron chi connectivity index (χ1n) is 9.43. The van der Waals surface area contributed by atoms with Crippen molar-refractivity contribution >= 4 is 46.1 Å². The van der Waals surface area contributed by atoms with Crippen LogP contribution in [0.2, 0.25) is 0 Å². The molecule has 0 saturated carbocycles. The normalized spacial score (nSPS) is 12.7. The van der Waals surface area contributed by atoms with E-state index >= 15 is 0 Å². The van der Waals surface area contributed by atoms with Gasteiger partial charge in [-0.25, -0.2) is 0 Å². The zero-order chi connectivity index (χ0) is 21.9. The van der Waals surface area contributed by atoms with Crippen LogP contribution in [0.15, 0.2) is 35.3 Å². The lowest BCUT2D eigenvalue weighted by molar-refractivity contribution is -0.126. The van der Waals surface area contributed by atoms with Crippen molar-refractivity contribution in [1.29, 1.82) is 0 Å². The SMILES string of the molecule is CSC[C@H](N)C(=O)CC(CCCN=C(N)N)C(=O)Nc1nc(-c2ccccc2)ns1. The molecule has 0 spiro atoms. The average molecular weight is 450 g/mol. The molecule has 1 heterocycles. The summed E-state index contributed by atoms with van der Waals surface area (Å²) >= 11 is 2.59. The number of nitrogens with two attached hydrogens (primary N) is 3. The van der Waals surface area contributed by atoms with Crippen molar-refractivity contribution in [3.05, 3.63) is 30.3 Å². The Morgan fingerprint density at radius 3 is 2.67 bits per heavy atom. The molecule has 0 aliphatic rings. The first-order valence-corrected chi connectivity index (χ1v) is 11.6. The Morgan fingerprint density at radius 1 is 1.27 bits per heavy atom. The van der Waals surface area contributed by atoms with Crippen molar-refractivity contribution in [2.75, 3.05) is 23.9 Å². The summed E-state index contributed by atoms with van der Waals surface area (Å²) in [4.78, 5) is 33.6. The Hall–Kier alpha value is -2.50. The predicted octanol–water partition coefficient (Wildman–Crippen LogP) is 1.46. The molecule has 0 bridgehead atoms. The number of anilines is 1. The molecule has 30 heavy (non-hydrogen) atoms. The summed E-state index contributed by atoms with van der Waals surface area (Å²) < 4.78 is 4.29. The topological polar surface area (TPSA) is 162 Å².